The standard InChI is InChI=1S/C22H22N6O3/c1-12-13(2)26-28(15(12)4)19-10-11-20(25-24-19)30-18-8-6-17(7-9-18)23-22(29)21-14(3)27-31-16(21)5/h6-11H,1-5H3,(H,23,29). The topological polar surface area (TPSA) is 108 Å². The number of anilines is 1. The van der Waals surface area contributed by atoms with Gasteiger partial charge in [0.25, 0.3) is 5.91 Å². The molecule has 0 fully saturated rings. The lowest BCUT2D eigenvalue weighted by Gasteiger charge is -2.08. The smallest absolute Gasteiger partial charge is 0.261 e. The van der Waals surface area contributed by atoms with E-state index in [-0.39, 0.29) is 5.91 Å². The molecule has 3 aromatic heterocycles. The van der Waals surface area contributed by atoms with Crippen LogP contribution in [-0.2, 0) is 0 Å². The Morgan fingerprint density at radius 1 is 0.968 bits per heavy atom. The number of hydrogen-bond donors (Lipinski definition) is 1. The van der Waals surface area contributed by atoms with Crippen LogP contribution in [0.3, 0.4) is 0 Å². The molecule has 31 heavy (non-hydrogen) atoms. The number of nitrogens with one attached hydrogen (secondary N) is 1. The maximum Gasteiger partial charge on any atom is 0.261 e. The third-order valence-electron chi connectivity index (χ3n) is 5.09. The summed E-state index contributed by atoms with van der Waals surface area (Å²) in [5, 5.41) is 19.5. The van der Waals surface area contributed by atoms with Crippen molar-refractivity contribution in [3.63, 3.8) is 0 Å². The van der Waals surface area contributed by atoms with E-state index in [0.29, 0.717) is 40.2 Å². The predicted octanol–water partition coefficient (Wildman–Crippen LogP) is 4.24. The molecule has 0 atom stereocenters. The molecule has 4 rings (SSSR count). The summed E-state index contributed by atoms with van der Waals surface area (Å²) in [5.74, 6) is 1.76. The quantitative estimate of drug-likeness (QED) is 0.516. The van der Waals surface area contributed by atoms with Crippen molar-refractivity contribution < 1.29 is 14.1 Å². The summed E-state index contributed by atoms with van der Waals surface area (Å²) in [7, 11) is 0. The van der Waals surface area contributed by atoms with Crippen molar-refractivity contribution in [2.75, 3.05) is 5.32 Å². The second kappa shape index (κ2) is 8.02. The van der Waals surface area contributed by atoms with Crippen LogP contribution < -0.4 is 10.1 Å². The number of rotatable bonds is 5. The largest absolute Gasteiger partial charge is 0.438 e. The fourth-order valence-electron chi connectivity index (χ4n) is 3.15. The van der Waals surface area contributed by atoms with Crippen molar-refractivity contribution in [1.82, 2.24) is 25.1 Å². The fraction of sp³-hybridized carbons (Fsp3) is 0.227. The Hall–Kier alpha value is -4.01. The highest BCUT2D eigenvalue weighted by atomic mass is 16.5. The molecular weight excluding hydrogens is 396 g/mol. The fourth-order valence-corrected chi connectivity index (χ4v) is 3.15. The summed E-state index contributed by atoms with van der Waals surface area (Å²) in [6.07, 6.45) is 0. The molecule has 4 aromatic rings. The van der Waals surface area contributed by atoms with Gasteiger partial charge in [-0.05, 0) is 70.5 Å². The Labute approximate surface area is 179 Å². The summed E-state index contributed by atoms with van der Waals surface area (Å²) < 4.78 is 12.6. The lowest BCUT2D eigenvalue weighted by Crippen LogP contribution is -2.13. The highest BCUT2D eigenvalue weighted by molar-refractivity contribution is 6.05. The zero-order valence-corrected chi connectivity index (χ0v) is 17.9. The summed E-state index contributed by atoms with van der Waals surface area (Å²) in [4.78, 5) is 12.4. The minimum absolute atomic E-state index is 0.272. The van der Waals surface area contributed by atoms with Crippen molar-refractivity contribution in [3.8, 4) is 17.4 Å². The second-order valence-corrected chi connectivity index (χ2v) is 7.22. The minimum Gasteiger partial charge on any atom is -0.438 e. The van der Waals surface area contributed by atoms with Gasteiger partial charge in [0.2, 0.25) is 5.88 Å². The minimum atomic E-state index is -0.272. The molecule has 9 heteroatoms. The molecule has 0 radical (unpaired) electrons. The van der Waals surface area contributed by atoms with Gasteiger partial charge in [0, 0.05) is 17.4 Å². The van der Waals surface area contributed by atoms with Crippen LogP contribution in [0.15, 0.2) is 40.9 Å². The molecule has 0 aliphatic carbocycles. The van der Waals surface area contributed by atoms with E-state index in [4.69, 9.17) is 9.26 Å². The Balaban J connectivity index is 1.43. The van der Waals surface area contributed by atoms with Crippen LogP contribution in [0.4, 0.5) is 5.69 Å². The Morgan fingerprint density at radius 3 is 2.26 bits per heavy atom. The van der Waals surface area contributed by atoms with E-state index < -0.39 is 0 Å². The molecule has 158 valence electrons. The molecule has 0 saturated heterocycles. The van der Waals surface area contributed by atoms with Gasteiger partial charge >= 0.3 is 0 Å². The van der Waals surface area contributed by atoms with Crippen molar-refractivity contribution in [2.24, 2.45) is 0 Å². The van der Waals surface area contributed by atoms with Crippen LogP contribution in [0.1, 0.15) is 38.8 Å². The monoisotopic (exact) mass is 418 g/mol. The zero-order chi connectivity index (χ0) is 22.1. The van der Waals surface area contributed by atoms with Crippen molar-refractivity contribution in [1.29, 1.82) is 0 Å². The van der Waals surface area contributed by atoms with Crippen LogP contribution in [0, 0.1) is 34.6 Å². The van der Waals surface area contributed by atoms with E-state index in [9.17, 15) is 4.79 Å². The van der Waals surface area contributed by atoms with E-state index in [1.807, 2.05) is 20.8 Å². The van der Waals surface area contributed by atoms with Gasteiger partial charge in [-0.2, -0.15) is 5.10 Å². The molecule has 0 aliphatic rings. The number of amides is 1. The number of aryl methyl sites for hydroxylation is 3. The maximum absolute atomic E-state index is 12.4. The van der Waals surface area contributed by atoms with Crippen molar-refractivity contribution >= 4 is 11.6 Å². The first-order valence-electron chi connectivity index (χ1n) is 9.72. The molecule has 1 aromatic carbocycles. The van der Waals surface area contributed by atoms with Gasteiger partial charge in [0.05, 0.1) is 11.4 Å². The van der Waals surface area contributed by atoms with Gasteiger partial charge in [-0.1, -0.05) is 5.16 Å². The highest BCUT2D eigenvalue weighted by Gasteiger charge is 2.17. The molecule has 0 spiro atoms. The van der Waals surface area contributed by atoms with Crippen LogP contribution in [0.25, 0.3) is 5.82 Å². The van der Waals surface area contributed by atoms with E-state index in [2.05, 4.69) is 25.8 Å². The number of hydrogen-bond acceptors (Lipinski definition) is 7. The summed E-state index contributed by atoms with van der Waals surface area (Å²) in [6, 6.07) is 10.5. The number of carbonyl (C=O) groups excluding carboxylic acids is 1. The normalized spacial score (nSPS) is 10.9. The summed E-state index contributed by atoms with van der Waals surface area (Å²) in [6.45, 7) is 9.41. The van der Waals surface area contributed by atoms with Crippen molar-refractivity contribution in [2.45, 2.75) is 34.6 Å². The van der Waals surface area contributed by atoms with Gasteiger partial charge < -0.3 is 14.6 Å². The number of carbonyl (C=O) groups is 1. The average molecular weight is 418 g/mol. The maximum atomic E-state index is 12.4. The number of nitrogens with zero attached hydrogens (tertiary/aromatic N) is 5. The molecule has 0 saturated carbocycles. The molecule has 0 bridgehead atoms. The summed E-state index contributed by atoms with van der Waals surface area (Å²) in [5.41, 5.74) is 4.72. The number of aromatic nitrogens is 5. The summed E-state index contributed by atoms with van der Waals surface area (Å²) >= 11 is 0. The van der Waals surface area contributed by atoms with Crippen molar-refractivity contribution in [3.05, 3.63) is 70.4 Å². The van der Waals surface area contributed by atoms with E-state index in [1.54, 1.807) is 54.9 Å². The van der Waals surface area contributed by atoms with E-state index in [0.717, 1.165) is 17.0 Å². The molecule has 0 aliphatic heterocycles. The molecule has 1 amide bonds. The van der Waals surface area contributed by atoms with Gasteiger partial charge in [-0.15, -0.1) is 10.2 Å². The Kier molecular flexibility index (Phi) is 5.24. The van der Waals surface area contributed by atoms with Crippen LogP contribution in [0.2, 0.25) is 0 Å². The molecule has 0 unspecified atom stereocenters. The number of benzene rings is 1. The van der Waals surface area contributed by atoms with Gasteiger partial charge in [-0.25, -0.2) is 4.68 Å². The highest BCUT2D eigenvalue weighted by Crippen LogP contribution is 2.23. The molecule has 9 nitrogen and oxygen atoms in total. The van der Waals surface area contributed by atoms with Gasteiger partial charge in [0.15, 0.2) is 5.82 Å². The zero-order valence-electron chi connectivity index (χ0n) is 17.9. The Morgan fingerprint density at radius 2 is 1.71 bits per heavy atom. The third-order valence-corrected chi connectivity index (χ3v) is 5.09. The second-order valence-electron chi connectivity index (χ2n) is 7.22. The third kappa shape index (κ3) is 4.02. The lowest BCUT2D eigenvalue weighted by molar-refractivity contribution is 0.102. The first-order valence-corrected chi connectivity index (χ1v) is 9.72. The molecule has 1 N–H and O–H groups in total. The average Bonchev–Trinajstić information content (AvgIpc) is 3.23. The molecule has 3 heterocycles. The van der Waals surface area contributed by atoms with E-state index in [1.165, 1.54) is 0 Å². The van der Waals surface area contributed by atoms with Crippen LogP contribution in [-0.4, -0.2) is 31.0 Å². The van der Waals surface area contributed by atoms with Crippen LogP contribution >= 0.6 is 0 Å². The first kappa shape index (κ1) is 20.3. The van der Waals surface area contributed by atoms with Gasteiger partial charge in [0.1, 0.15) is 17.1 Å². The van der Waals surface area contributed by atoms with Crippen LogP contribution in [0.5, 0.6) is 11.6 Å². The number of ether oxygens (including phenoxy) is 1. The lowest BCUT2D eigenvalue weighted by atomic mass is 10.2. The van der Waals surface area contributed by atoms with Gasteiger partial charge in [-0.3, -0.25) is 4.79 Å². The molecular formula is C22H22N6O3. The first-order chi connectivity index (χ1) is 14.8. The SMILES string of the molecule is Cc1nn(-c2ccc(Oc3ccc(NC(=O)c4c(C)noc4C)cc3)nn2)c(C)c1C. The van der Waals surface area contributed by atoms with E-state index >= 15 is 0 Å². The predicted molar refractivity (Wildman–Crippen MR) is 114 cm³/mol. The Bertz CT molecular complexity index is 1220.